The lowest BCUT2D eigenvalue weighted by atomic mass is 10.1. The van der Waals surface area contributed by atoms with Gasteiger partial charge in [0.15, 0.2) is 0 Å². The highest BCUT2D eigenvalue weighted by Crippen LogP contribution is 2.12. The Bertz CT molecular complexity index is 305. The van der Waals surface area contributed by atoms with E-state index in [1.54, 1.807) is 0 Å². The van der Waals surface area contributed by atoms with Crippen molar-refractivity contribution in [3.05, 3.63) is 29.6 Å². The van der Waals surface area contributed by atoms with Crippen LogP contribution in [-0.2, 0) is 13.1 Å². The van der Waals surface area contributed by atoms with Gasteiger partial charge in [0, 0.05) is 19.3 Å². The Labute approximate surface area is 91.3 Å². The summed E-state index contributed by atoms with van der Waals surface area (Å²) in [5, 5.41) is 0. The van der Waals surface area contributed by atoms with E-state index in [9.17, 15) is 0 Å². The SMILES string of the molecule is NCc1ccnc(CN2CCCCC2)c1. The topological polar surface area (TPSA) is 42.1 Å². The van der Waals surface area contributed by atoms with Crippen LogP contribution < -0.4 is 5.73 Å². The first kappa shape index (κ1) is 10.6. The average molecular weight is 205 g/mol. The van der Waals surface area contributed by atoms with Crippen molar-refractivity contribution < 1.29 is 0 Å². The molecule has 1 fully saturated rings. The van der Waals surface area contributed by atoms with E-state index in [2.05, 4.69) is 16.0 Å². The van der Waals surface area contributed by atoms with E-state index in [0.29, 0.717) is 6.54 Å². The Hall–Kier alpha value is -0.930. The molecule has 2 heterocycles. The van der Waals surface area contributed by atoms with Gasteiger partial charge >= 0.3 is 0 Å². The third-order valence-corrected chi connectivity index (χ3v) is 2.95. The maximum absolute atomic E-state index is 5.61. The Morgan fingerprint density at radius 2 is 2.07 bits per heavy atom. The molecule has 15 heavy (non-hydrogen) atoms. The van der Waals surface area contributed by atoms with Crippen molar-refractivity contribution in [2.24, 2.45) is 5.73 Å². The number of rotatable bonds is 3. The molecule has 0 aliphatic carbocycles. The fraction of sp³-hybridized carbons (Fsp3) is 0.583. The quantitative estimate of drug-likeness (QED) is 0.813. The Balaban J connectivity index is 1.96. The summed E-state index contributed by atoms with van der Waals surface area (Å²) in [4.78, 5) is 6.86. The lowest BCUT2D eigenvalue weighted by Gasteiger charge is -2.25. The monoisotopic (exact) mass is 205 g/mol. The number of nitrogens with two attached hydrogens (primary N) is 1. The smallest absolute Gasteiger partial charge is 0.0547 e. The zero-order valence-electron chi connectivity index (χ0n) is 9.15. The molecule has 0 bridgehead atoms. The van der Waals surface area contributed by atoms with E-state index in [0.717, 1.165) is 12.2 Å². The number of hydrogen-bond donors (Lipinski definition) is 1. The van der Waals surface area contributed by atoms with Crippen LogP contribution >= 0.6 is 0 Å². The third kappa shape index (κ3) is 3.01. The summed E-state index contributed by atoms with van der Waals surface area (Å²) in [6.45, 7) is 4.02. The molecule has 2 N–H and O–H groups in total. The lowest BCUT2D eigenvalue weighted by molar-refractivity contribution is 0.218. The van der Waals surface area contributed by atoms with Gasteiger partial charge < -0.3 is 5.73 Å². The summed E-state index contributed by atoms with van der Waals surface area (Å²) in [5.74, 6) is 0. The van der Waals surface area contributed by atoms with Crippen molar-refractivity contribution in [1.82, 2.24) is 9.88 Å². The minimum Gasteiger partial charge on any atom is -0.326 e. The molecule has 3 heteroatoms. The van der Waals surface area contributed by atoms with Gasteiger partial charge in [-0.2, -0.15) is 0 Å². The molecule has 0 spiro atoms. The zero-order valence-corrected chi connectivity index (χ0v) is 9.15. The molecule has 2 rings (SSSR count). The third-order valence-electron chi connectivity index (χ3n) is 2.95. The Morgan fingerprint density at radius 3 is 2.80 bits per heavy atom. The van der Waals surface area contributed by atoms with Crippen LogP contribution in [-0.4, -0.2) is 23.0 Å². The minimum atomic E-state index is 0.607. The van der Waals surface area contributed by atoms with Gasteiger partial charge in [-0.15, -0.1) is 0 Å². The normalized spacial score (nSPS) is 17.9. The average Bonchev–Trinajstić information content (AvgIpc) is 2.31. The highest BCUT2D eigenvalue weighted by Gasteiger charge is 2.10. The van der Waals surface area contributed by atoms with Gasteiger partial charge in [0.05, 0.1) is 5.69 Å². The van der Waals surface area contributed by atoms with E-state index in [4.69, 9.17) is 5.73 Å². The molecule has 1 saturated heterocycles. The maximum atomic E-state index is 5.61. The van der Waals surface area contributed by atoms with Crippen LogP contribution in [0, 0.1) is 0 Å². The molecular formula is C12H19N3. The van der Waals surface area contributed by atoms with E-state index >= 15 is 0 Å². The summed E-state index contributed by atoms with van der Waals surface area (Å²) >= 11 is 0. The Morgan fingerprint density at radius 1 is 1.27 bits per heavy atom. The number of hydrogen-bond acceptors (Lipinski definition) is 3. The van der Waals surface area contributed by atoms with Gasteiger partial charge in [-0.05, 0) is 43.6 Å². The molecule has 0 unspecified atom stereocenters. The van der Waals surface area contributed by atoms with E-state index in [-0.39, 0.29) is 0 Å². The number of aromatic nitrogens is 1. The Kier molecular flexibility index (Phi) is 3.69. The first-order valence-electron chi connectivity index (χ1n) is 5.75. The highest BCUT2D eigenvalue weighted by molar-refractivity contribution is 5.15. The second-order valence-corrected chi connectivity index (χ2v) is 4.20. The van der Waals surface area contributed by atoms with Crippen molar-refractivity contribution in [2.45, 2.75) is 32.4 Å². The molecule has 0 radical (unpaired) electrons. The number of likely N-dealkylation sites (tertiary alicyclic amines) is 1. The van der Waals surface area contributed by atoms with Gasteiger partial charge in [-0.25, -0.2) is 0 Å². The molecule has 0 amide bonds. The second-order valence-electron chi connectivity index (χ2n) is 4.20. The fourth-order valence-corrected chi connectivity index (χ4v) is 2.09. The summed E-state index contributed by atoms with van der Waals surface area (Å²) in [7, 11) is 0. The summed E-state index contributed by atoms with van der Waals surface area (Å²) in [6.07, 6.45) is 5.90. The predicted octanol–water partition coefficient (Wildman–Crippen LogP) is 1.53. The molecule has 0 atom stereocenters. The van der Waals surface area contributed by atoms with Gasteiger partial charge in [0.2, 0.25) is 0 Å². The van der Waals surface area contributed by atoms with Gasteiger partial charge in [-0.1, -0.05) is 6.42 Å². The molecule has 1 aliphatic rings. The van der Waals surface area contributed by atoms with E-state index < -0.39 is 0 Å². The van der Waals surface area contributed by atoms with Crippen LogP contribution in [0.1, 0.15) is 30.5 Å². The van der Waals surface area contributed by atoms with Crippen LogP contribution in [0.3, 0.4) is 0 Å². The first-order chi connectivity index (χ1) is 7.38. The predicted molar refractivity (Wildman–Crippen MR) is 61.3 cm³/mol. The van der Waals surface area contributed by atoms with Crippen molar-refractivity contribution >= 4 is 0 Å². The van der Waals surface area contributed by atoms with Crippen LogP contribution in [0.15, 0.2) is 18.3 Å². The highest BCUT2D eigenvalue weighted by atomic mass is 15.1. The van der Waals surface area contributed by atoms with Crippen molar-refractivity contribution in [3.63, 3.8) is 0 Å². The van der Waals surface area contributed by atoms with Gasteiger partial charge in [0.1, 0.15) is 0 Å². The van der Waals surface area contributed by atoms with Gasteiger partial charge in [-0.3, -0.25) is 9.88 Å². The van der Waals surface area contributed by atoms with Crippen molar-refractivity contribution in [3.8, 4) is 0 Å². The lowest BCUT2D eigenvalue weighted by Crippen LogP contribution is -2.29. The van der Waals surface area contributed by atoms with E-state index in [1.807, 2.05) is 12.3 Å². The van der Waals surface area contributed by atoms with Crippen LogP contribution in [0.2, 0.25) is 0 Å². The van der Waals surface area contributed by atoms with Crippen LogP contribution in [0.5, 0.6) is 0 Å². The fourth-order valence-electron chi connectivity index (χ4n) is 2.09. The van der Waals surface area contributed by atoms with Crippen molar-refractivity contribution in [2.75, 3.05) is 13.1 Å². The number of nitrogens with zero attached hydrogens (tertiary/aromatic N) is 2. The number of piperidine rings is 1. The summed E-state index contributed by atoms with van der Waals surface area (Å²) in [5.41, 5.74) is 7.94. The van der Waals surface area contributed by atoms with Crippen LogP contribution in [0.4, 0.5) is 0 Å². The van der Waals surface area contributed by atoms with Gasteiger partial charge in [0.25, 0.3) is 0 Å². The molecule has 1 aliphatic heterocycles. The molecule has 1 aromatic rings. The molecule has 0 aromatic carbocycles. The number of pyridine rings is 1. The summed E-state index contributed by atoms with van der Waals surface area (Å²) < 4.78 is 0. The van der Waals surface area contributed by atoms with E-state index in [1.165, 1.54) is 37.9 Å². The standard InChI is InChI=1S/C12H19N3/c13-9-11-4-5-14-12(8-11)10-15-6-2-1-3-7-15/h4-5,8H,1-3,6-7,9-10,13H2. The second kappa shape index (κ2) is 5.24. The zero-order chi connectivity index (χ0) is 10.5. The van der Waals surface area contributed by atoms with Crippen LogP contribution in [0.25, 0.3) is 0 Å². The minimum absolute atomic E-state index is 0.607. The molecule has 1 aromatic heterocycles. The van der Waals surface area contributed by atoms with Crippen molar-refractivity contribution in [1.29, 1.82) is 0 Å². The molecular weight excluding hydrogens is 186 g/mol. The molecule has 3 nitrogen and oxygen atoms in total. The summed E-state index contributed by atoms with van der Waals surface area (Å²) in [6, 6.07) is 4.11. The maximum Gasteiger partial charge on any atom is 0.0547 e. The largest absolute Gasteiger partial charge is 0.326 e. The molecule has 82 valence electrons. The molecule has 0 saturated carbocycles. The first-order valence-corrected chi connectivity index (χ1v) is 5.75.